The first kappa shape index (κ1) is 33.2. The second kappa shape index (κ2) is 14.4. The Morgan fingerprint density at radius 2 is 0.821 bits per heavy atom. The van der Waals surface area contributed by atoms with Crippen LogP contribution in [0.2, 0.25) is 0 Å². The van der Waals surface area contributed by atoms with Crippen LogP contribution in [0.5, 0.6) is 0 Å². The van der Waals surface area contributed by atoms with Crippen LogP contribution in [0.25, 0.3) is 72.0 Å². The summed E-state index contributed by atoms with van der Waals surface area (Å²) in [6.45, 7) is 0. The molecule has 2 heteroatoms. The van der Waals surface area contributed by atoms with Crippen molar-refractivity contribution in [2.24, 2.45) is 0 Å². The largest absolute Gasteiger partial charge is 0.310 e. The number of nitrogens with zero attached hydrogens (tertiary/aromatic N) is 2. The number of benzene rings is 9. The molecule has 0 spiro atoms. The molecule has 10 aromatic rings. The molecule has 0 radical (unpaired) electrons. The van der Waals surface area contributed by atoms with Gasteiger partial charge in [0.1, 0.15) is 0 Å². The Morgan fingerprint density at radius 1 is 0.304 bits per heavy atom. The lowest BCUT2D eigenvalue weighted by Gasteiger charge is -2.27. The maximum atomic E-state index is 2.46. The summed E-state index contributed by atoms with van der Waals surface area (Å²) >= 11 is 0. The third-order valence-electron chi connectivity index (χ3n) is 10.8. The van der Waals surface area contributed by atoms with Gasteiger partial charge < -0.3 is 9.47 Å². The zero-order valence-electron chi connectivity index (χ0n) is 30.8. The van der Waals surface area contributed by atoms with Gasteiger partial charge >= 0.3 is 0 Å². The summed E-state index contributed by atoms with van der Waals surface area (Å²) in [5, 5.41) is 2.41. The zero-order valence-corrected chi connectivity index (χ0v) is 30.8. The van der Waals surface area contributed by atoms with Crippen molar-refractivity contribution in [1.82, 2.24) is 4.57 Å². The minimum atomic E-state index is 1.10. The summed E-state index contributed by atoms with van der Waals surface area (Å²) in [4.78, 5) is 2.42. The van der Waals surface area contributed by atoms with Crippen LogP contribution in [0.1, 0.15) is 0 Å². The molecule has 0 atom stereocenters. The molecule has 0 unspecified atom stereocenters. The van der Waals surface area contributed by atoms with Gasteiger partial charge in [-0.25, -0.2) is 0 Å². The van der Waals surface area contributed by atoms with Crippen LogP contribution in [0.4, 0.5) is 17.1 Å². The zero-order chi connectivity index (χ0) is 37.3. The molecule has 1 heterocycles. The normalized spacial score (nSPS) is 11.2. The van der Waals surface area contributed by atoms with Gasteiger partial charge in [0.2, 0.25) is 0 Å². The molecule has 0 saturated heterocycles. The van der Waals surface area contributed by atoms with Crippen molar-refractivity contribution in [1.29, 1.82) is 0 Å². The molecule has 0 fully saturated rings. The fraction of sp³-hybridized carbons (Fsp3) is 0. The highest BCUT2D eigenvalue weighted by atomic mass is 15.1. The Labute approximate surface area is 327 Å². The van der Waals surface area contributed by atoms with Gasteiger partial charge in [-0.3, -0.25) is 0 Å². The van der Waals surface area contributed by atoms with Gasteiger partial charge in [-0.2, -0.15) is 0 Å². The first-order chi connectivity index (χ1) is 27.8. The van der Waals surface area contributed by atoms with E-state index >= 15 is 0 Å². The van der Waals surface area contributed by atoms with Gasteiger partial charge in [0, 0.05) is 27.7 Å². The Hall–Kier alpha value is -7.42. The van der Waals surface area contributed by atoms with Crippen LogP contribution >= 0.6 is 0 Å². The average Bonchev–Trinajstić information content (AvgIpc) is 3.62. The second-order valence-electron chi connectivity index (χ2n) is 14.1. The molecule has 0 aliphatic rings. The first-order valence-corrected chi connectivity index (χ1v) is 19.2. The molecular weight excluding hydrogens is 677 g/mol. The van der Waals surface area contributed by atoms with E-state index in [2.05, 4.69) is 240 Å². The fourth-order valence-corrected chi connectivity index (χ4v) is 8.26. The summed E-state index contributed by atoms with van der Waals surface area (Å²) in [7, 11) is 0. The van der Waals surface area contributed by atoms with Crippen LogP contribution in [-0.4, -0.2) is 4.57 Å². The van der Waals surface area contributed by atoms with Crippen LogP contribution < -0.4 is 4.90 Å². The molecule has 264 valence electrons. The number of hydrogen-bond donors (Lipinski definition) is 0. The quantitative estimate of drug-likeness (QED) is 0.152. The predicted octanol–water partition coefficient (Wildman–Crippen LogP) is 14.9. The predicted molar refractivity (Wildman–Crippen MR) is 237 cm³/mol. The van der Waals surface area contributed by atoms with Crippen LogP contribution in [0.15, 0.2) is 231 Å². The van der Waals surface area contributed by atoms with Crippen LogP contribution in [0, 0.1) is 0 Å². The molecule has 2 nitrogen and oxygen atoms in total. The summed E-state index contributed by atoms with van der Waals surface area (Å²) in [5.74, 6) is 0. The van der Waals surface area contributed by atoms with Gasteiger partial charge in [-0.1, -0.05) is 176 Å². The van der Waals surface area contributed by atoms with E-state index in [1.165, 1.54) is 55.3 Å². The van der Waals surface area contributed by atoms with Crippen molar-refractivity contribution >= 4 is 38.9 Å². The van der Waals surface area contributed by atoms with E-state index in [1.54, 1.807) is 0 Å². The molecule has 56 heavy (non-hydrogen) atoms. The molecule has 0 aliphatic heterocycles. The van der Waals surface area contributed by atoms with E-state index in [0.717, 1.165) is 33.8 Å². The molecule has 10 rings (SSSR count). The Kier molecular flexibility index (Phi) is 8.55. The van der Waals surface area contributed by atoms with Crippen molar-refractivity contribution in [2.75, 3.05) is 4.90 Å². The van der Waals surface area contributed by atoms with Crippen molar-refractivity contribution in [3.05, 3.63) is 231 Å². The lowest BCUT2D eigenvalue weighted by molar-refractivity contribution is 1.18. The molecular formula is C54H38N2. The molecule has 0 bridgehead atoms. The number of hydrogen-bond acceptors (Lipinski definition) is 1. The van der Waals surface area contributed by atoms with E-state index < -0.39 is 0 Å². The third kappa shape index (κ3) is 5.95. The van der Waals surface area contributed by atoms with Crippen molar-refractivity contribution in [3.63, 3.8) is 0 Å². The lowest BCUT2D eigenvalue weighted by Crippen LogP contribution is -2.10. The van der Waals surface area contributed by atoms with Crippen LogP contribution in [0.3, 0.4) is 0 Å². The van der Waals surface area contributed by atoms with E-state index in [1.807, 2.05) is 0 Å². The highest BCUT2D eigenvalue weighted by Gasteiger charge is 2.23. The minimum absolute atomic E-state index is 1.10. The van der Waals surface area contributed by atoms with E-state index in [0.29, 0.717) is 0 Å². The van der Waals surface area contributed by atoms with Crippen LogP contribution in [-0.2, 0) is 0 Å². The Balaban J connectivity index is 1.21. The van der Waals surface area contributed by atoms with Gasteiger partial charge in [0.15, 0.2) is 0 Å². The summed E-state index contributed by atoms with van der Waals surface area (Å²) < 4.78 is 2.46. The SMILES string of the molecule is c1ccc(-c2ccc(-n3c4ccccc4c4c(N(c5ccccc5)c5cccc(-c6ccccc6-c6ccccc6)c5)cccc43)c(-c3ccccc3)c2)cc1. The highest BCUT2D eigenvalue weighted by molar-refractivity contribution is 6.17. The van der Waals surface area contributed by atoms with E-state index in [9.17, 15) is 0 Å². The number of rotatable bonds is 8. The summed E-state index contributed by atoms with van der Waals surface area (Å²) in [5.41, 5.74) is 16.3. The Morgan fingerprint density at radius 3 is 1.54 bits per heavy atom. The molecule has 1 aromatic heterocycles. The first-order valence-electron chi connectivity index (χ1n) is 19.2. The van der Waals surface area contributed by atoms with E-state index in [-0.39, 0.29) is 0 Å². The minimum Gasteiger partial charge on any atom is -0.310 e. The molecule has 0 amide bonds. The topological polar surface area (TPSA) is 8.17 Å². The number of aromatic nitrogens is 1. The Bertz CT molecular complexity index is 2950. The average molecular weight is 715 g/mol. The van der Waals surface area contributed by atoms with Gasteiger partial charge in [0.25, 0.3) is 0 Å². The van der Waals surface area contributed by atoms with Gasteiger partial charge in [0.05, 0.1) is 22.4 Å². The smallest absolute Gasteiger partial charge is 0.0562 e. The van der Waals surface area contributed by atoms with E-state index in [4.69, 9.17) is 0 Å². The third-order valence-corrected chi connectivity index (χ3v) is 10.8. The van der Waals surface area contributed by atoms with Crippen molar-refractivity contribution in [2.45, 2.75) is 0 Å². The fourth-order valence-electron chi connectivity index (χ4n) is 8.26. The molecule has 0 aliphatic carbocycles. The monoisotopic (exact) mass is 714 g/mol. The maximum Gasteiger partial charge on any atom is 0.0562 e. The summed E-state index contributed by atoms with van der Waals surface area (Å²) in [6.07, 6.45) is 0. The van der Waals surface area contributed by atoms with Crippen molar-refractivity contribution < 1.29 is 0 Å². The van der Waals surface area contributed by atoms with Gasteiger partial charge in [-0.05, 0) is 93.5 Å². The van der Waals surface area contributed by atoms with Crippen molar-refractivity contribution in [3.8, 4) is 50.2 Å². The maximum absolute atomic E-state index is 2.46. The number of anilines is 3. The summed E-state index contributed by atoms with van der Waals surface area (Å²) in [6, 6.07) is 83.0. The highest BCUT2D eigenvalue weighted by Crippen LogP contribution is 2.46. The molecule has 0 saturated carbocycles. The van der Waals surface area contributed by atoms with Gasteiger partial charge in [-0.15, -0.1) is 0 Å². The number of para-hydroxylation sites is 2. The molecule has 0 N–H and O–H groups in total. The molecule has 9 aromatic carbocycles. The lowest BCUT2D eigenvalue weighted by atomic mass is 9.94. The second-order valence-corrected chi connectivity index (χ2v) is 14.1. The number of fused-ring (bicyclic) bond motifs is 3. The standard InChI is InChI=1S/C54H38N2/c1-5-19-39(20-6-1)42-35-36-51(49(38-42)41-23-9-3-10-24-41)56-50-32-16-15-31-48(50)54-52(33-18-34-53(54)56)55(44-26-11-4-12-27-44)45-28-17-25-43(37-45)47-30-14-13-29-46(47)40-21-7-2-8-22-40/h1-38H.